The smallest absolute Gasteiger partial charge is 0.167 e. The molecule has 0 atom stereocenters. The molecule has 0 saturated heterocycles. The van der Waals surface area contributed by atoms with Crippen LogP contribution in [-0.2, 0) is 0 Å². The fourth-order valence-corrected chi connectivity index (χ4v) is 2.01. The van der Waals surface area contributed by atoms with Crippen LogP contribution < -0.4 is 9.47 Å². The predicted molar refractivity (Wildman–Crippen MR) is 71.5 cm³/mol. The Morgan fingerprint density at radius 1 is 1.19 bits per heavy atom. The molecule has 0 heterocycles. The number of ether oxygens (including phenoxy) is 2. The Morgan fingerprint density at radius 2 is 1.62 bits per heavy atom. The lowest BCUT2D eigenvalue weighted by molar-refractivity contribution is 0.101. The van der Waals surface area contributed by atoms with E-state index < -0.39 is 0 Å². The minimum absolute atomic E-state index is 0.0386. The Labute approximate surface area is 109 Å². The van der Waals surface area contributed by atoms with Gasteiger partial charge in [0, 0.05) is 3.57 Å². The van der Waals surface area contributed by atoms with Gasteiger partial charge in [-0.3, -0.25) is 4.79 Å². The van der Waals surface area contributed by atoms with Crippen LogP contribution in [0.1, 0.15) is 31.1 Å². The summed E-state index contributed by atoms with van der Waals surface area (Å²) in [6, 6.07) is 3.70. The molecule has 0 aliphatic heterocycles. The lowest BCUT2D eigenvalue weighted by atomic mass is 10.1. The van der Waals surface area contributed by atoms with E-state index in [1.807, 2.05) is 26.0 Å². The highest BCUT2D eigenvalue weighted by Crippen LogP contribution is 2.32. The number of benzene rings is 1. The van der Waals surface area contributed by atoms with Crippen molar-refractivity contribution in [1.29, 1.82) is 0 Å². The second kappa shape index (κ2) is 6.08. The number of Topliss-reactive ketones (excluding diaryl/α,β-unsaturated/α-hetero) is 1. The monoisotopic (exact) mass is 334 g/mol. The van der Waals surface area contributed by atoms with Gasteiger partial charge in [-0.15, -0.1) is 0 Å². The maximum Gasteiger partial charge on any atom is 0.167 e. The van der Waals surface area contributed by atoms with Crippen LogP contribution in [0.25, 0.3) is 0 Å². The molecule has 1 aromatic carbocycles. The summed E-state index contributed by atoms with van der Waals surface area (Å²) >= 11 is 2.18. The summed E-state index contributed by atoms with van der Waals surface area (Å²) in [5, 5.41) is 0. The molecule has 3 nitrogen and oxygen atoms in total. The third-order valence-electron chi connectivity index (χ3n) is 1.98. The summed E-state index contributed by atoms with van der Waals surface area (Å²) in [6.45, 7) is 6.37. The number of hydrogen-bond donors (Lipinski definition) is 0. The van der Waals surface area contributed by atoms with E-state index in [2.05, 4.69) is 22.6 Å². The summed E-state index contributed by atoms with van der Waals surface area (Å²) < 4.78 is 11.9. The topological polar surface area (TPSA) is 35.5 Å². The summed E-state index contributed by atoms with van der Waals surface area (Å²) in [6.07, 6.45) is 0. The van der Waals surface area contributed by atoms with Gasteiger partial charge in [0.1, 0.15) is 17.1 Å². The van der Waals surface area contributed by atoms with E-state index in [1.54, 1.807) is 0 Å². The number of carbonyl (C=O) groups excluding carboxylic acids is 1. The van der Waals surface area contributed by atoms with E-state index in [0.717, 1.165) is 3.57 Å². The van der Waals surface area contributed by atoms with Crippen LogP contribution >= 0.6 is 22.6 Å². The largest absolute Gasteiger partial charge is 0.493 e. The lowest BCUT2D eigenvalue weighted by Gasteiger charge is -2.13. The molecule has 4 heteroatoms. The Balaban J connectivity index is 3.29. The van der Waals surface area contributed by atoms with Crippen molar-refractivity contribution in [3.05, 3.63) is 21.3 Å². The molecule has 0 spiro atoms. The van der Waals surface area contributed by atoms with Crippen molar-refractivity contribution < 1.29 is 14.3 Å². The summed E-state index contributed by atoms with van der Waals surface area (Å²) in [7, 11) is 0. The highest BCUT2D eigenvalue weighted by Gasteiger charge is 2.16. The highest BCUT2D eigenvalue weighted by atomic mass is 127. The van der Waals surface area contributed by atoms with Crippen LogP contribution in [0.4, 0.5) is 0 Å². The zero-order chi connectivity index (χ0) is 12.1. The van der Waals surface area contributed by atoms with Gasteiger partial charge in [0.25, 0.3) is 0 Å². The molecule has 0 aliphatic rings. The Hall–Kier alpha value is -0.780. The first-order valence-electron chi connectivity index (χ1n) is 5.20. The molecule has 0 saturated carbocycles. The van der Waals surface area contributed by atoms with Crippen LogP contribution in [0.15, 0.2) is 12.1 Å². The van der Waals surface area contributed by atoms with Crippen LogP contribution in [-0.4, -0.2) is 19.0 Å². The highest BCUT2D eigenvalue weighted by molar-refractivity contribution is 14.1. The lowest BCUT2D eigenvalue weighted by Crippen LogP contribution is -2.05. The first kappa shape index (κ1) is 13.3. The second-order valence-corrected chi connectivity index (χ2v) is 4.44. The van der Waals surface area contributed by atoms with Gasteiger partial charge >= 0.3 is 0 Å². The minimum atomic E-state index is -0.0386. The van der Waals surface area contributed by atoms with E-state index in [9.17, 15) is 4.79 Å². The predicted octanol–water partition coefficient (Wildman–Crippen LogP) is 3.29. The van der Waals surface area contributed by atoms with Crippen LogP contribution in [0.2, 0.25) is 0 Å². The summed E-state index contributed by atoms with van der Waals surface area (Å²) in [5.41, 5.74) is 0.532. The van der Waals surface area contributed by atoms with Gasteiger partial charge in [-0.05, 0) is 55.5 Å². The van der Waals surface area contributed by atoms with Gasteiger partial charge in [-0.1, -0.05) is 0 Å². The van der Waals surface area contributed by atoms with Crippen molar-refractivity contribution >= 4 is 28.4 Å². The van der Waals surface area contributed by atoms with E-state index in [4.69, 9.17) is 9.47 Å². The zero-order valence-corrected chi connectivity index (χ0v) is 11.8. The molecule has 0 unspecified atom stereocenters. The normalized spacial score (nSPS) is 10.0. The van der Waals surface area contributed by atoms with Crippen LogP contribution in [0.3, 0.4) is 0 Å². The summed E-state index contributed by atoms with van der Waals surface area (Å²) in [4.78, 5) is 11.6. The molecule has 0 amide bonds. The molecule has 0 fully saturated rings. The van der Waals surface area contributed by atoms with Crippen molar-refractivity contribution in [1.82, 2.24) is 0 Å². The third kappa shape index (κ3) is 3.10. The quantitative estimate of drug-likeness (QED) is 0.612. The third-order valence-corrected chi connectivity index (χ3v) is 2.61. The van der Waals surface area contributed by atoms with Crippen molar-refractivity contribution in [2.75, 3.05) is 13.2 Å². The van der Waals surface area contributed by atoms with Gasteiger partial charge in [-0.2, -0.15) is 0 Å². The standard InChI is InChI=1S/C12H15IO3/c1-4-15-10-6-9(13)7-11(16-5-2)12(10)8(3)14/h6-7H,4-5H2,1-3H3. The Bertz CT molecular complexity index is 361. The molecular weight excluding hydrogens is 319 g/mol. The van der Waals surface area contributed by atoms with Crippen molar-refractivity contribution in [2.45, 2.75) is 20.8 Å². The van der Waals surface area contributed by atoms with E-state index >= 15 is 0 Å². The molecule has 88 valence electrons. The van der Waals surface area contributed by atoms with Crippen molar-refractivity contribution in [3.8, 4) is 11.5 Å². The second-order valence-electron chi connectivity index (χ2n) is 3.20. The first-order chi connectivity index (χ1) is 7.60. The van der Waals surface area contributed by atoms with E-state index in [-0.39, 0.29) is 5.78 Å². The first-order valence-corrected chi connectivity index (χ1v) is 6.28. The zero-order valence-electron chi connectivity index (χ0n) is 9.67. The maximum absolute atomic E-state index is 11.6. The van der Waals surface area contributed by atoms with Gasteiger partial charge in [0.2, 0.25) is 0 Å². The minimum Gasteiger partial charge on any atom is -0.493 e. The molecule has 0 bridgehead atoms. The fourth-order valence-electron chi connectivity index (χ4n) is 1.44. The average molecular weight is 334 g/mol. The van der Waals surface area contributed by atoms with Crippen LogP contribution in [0.5, 0.6) is 11.5 Å². The number of carbonyl (C=O) groups is 1. The summed E-state index contributed by atoms with van der Waals surface area (Å²) in [5.74, 6) is 1.17. The van der Waals surface area contributed by atoms with Gasteiger partial charge in [0.05, 0.1) is 13.2 Å². The number of hydrogen-bond acceptors (Lipinski definition) is 3. The molecule has 0 N–H and O–H groups in total. The van der Waals surface area contributed by atoms with E-state index in [1.165, 1.54) is 6.92 Å². The van der Waals surface area contributed by atoms with Gasteiger partial charge in [0.15, 0.2) is 5.78 Å². The van der Waals surface area contributed by atoms with Crippen molar-refractivity contribution in [3.63, 3.8) is 0 Å². The number of halogens is 1. The molecule has 16 heavy (non-hydrogen) atoms. The van der Waals surface area contributed by atoms with Crippen molar-refractivity contribution in [2.24, 2.45) is 0 Å². The van der Waals surface area contributed by atoms with Gasteiger partial charge < -0.3 is 9.47 Å². The van der Waals surface area contributed by atoms with Gasteiger partial charge in [-0.25, -0.2) is 0 Å². The molecule has 1 rings (SSSR count). The maximum atomic E-state index is 11.6. The SMILES string of the molecule is CCOc1cc(I)cc(OCC)c1C(C)=O. The fraction of sp³-hybridized carbons (Fsp3) is 0.417. The molecule has 0 aromatic heterocycles. The Kier molecular flexibility index (Phi) is 5.05. The molecular formula is C12H15IO3. The number of rotatable bonds is 5. The number of ketones is 1. The molecule has 1 aromatic rings. The Morgan fingerprint density at radius 3 is 1.94 bits per heavy atom. The van der Waals surface area contributed by atoms with E-state index in [0.29, 0.717) is 30.3 Å². The average Bonchev–Trinajstić information content (AvgIpc) is 2.17. The van der Waals surface area contributed by atoms with Crippen LogP contribution in [0, 0.1) is 3.57 Å². The molecule has 0 aliphatic carbocycles. The molecule has 0 radical (unpaired) electrons.